The predicted molar refractivity (Wildman–Crippen MR) is 126 cm³/mol. The van der Waals surface area contributed by atoms with Gasteiger partial charge in [-0.3, -0.25) is 18.4 Å². The summed E-state index contributed by atoms with van der Waals surface area (Å²) in [5.74, 6) is -2.58. The van der Waals surface area contributed by atoms with Crippen LogP contribution in [0.2, 0.25) is 0 Å². The van der Waals surface area contributed by atoms with Crippen LogP contribution in [0.1, 0.15) is 33.4 Å². The molecule has 2 aromatic heterocycles. The molecule has 1 saturated heterocycles. The van der Waals surface area contributed by atoms with E-state index in [2.05, 4.69) is 20.0 Å². The van der Waals surface area contributed by atoms with Crippen molar-refractivity contribution in [3.63, 3.8) is 0 Å². The second-order valence-corrected chi connectivity index (χ2v) is 10.5. The van der Waals surface area contributed by atoms with Gasteiger partial charge in [-0.15, -0.1) is 0 Å². The number of nitrogens with zero attached hydrogens (tertiary/aromatic N) is 4. The van der Waals surface area contributed by atoms with Crippen LogP contribution in [0, 0.1) is 12.0 Å². The number of aromatic nitrogens is 4. The van der Waals surface area contributed by atoms with Crippen molar-refractivity contribution in [3.05, 3.63) is 12.4 Å². The van der Waals surface area contributed by atoms with Gasteiger partial charge in [-0.2, -0.15) is 14.4 Å². The second kappa shape index (κ2) is 12.4. The maximum Gasteiger partial charge on any atom is 0.406 e. The van der Waals surface area contributed by atoms with Gasteiger partial charge in [0.15, 0.2) is 29.8 Å². The number of nitrogens with two attached hydrogens (primary N) is 1. The monoisotopic (exact) mass is 564 g/mol. The first-order valence-corrected chi connectivity index (χ1v) is 13.1. The van der Waals surface area contributed by atoms with Crippen molar-refractivity contribution in [2.45, 2.75) is 57.8 Å². The van der Waals surface area contributed by atoms with E-state index in [1.807, 2.05) is 0 Å². The molecule has 0 aliphatic carbocycles. The molecular formula is C20H30FN6O10P. The van der Waals surface area contributed by atoms with Crippen LogP contribution in [0.4, 0.5) is 10.2 Å². The summed E-state index contributed by atoms with van der Waals surface area (Å²) in [7, 11) is -4.50. The number of carbonyl (C=O) groups excluding carboxylic acids is 1. The van der Waals surface area contributed by atoms with E-state index in [1.165, 1.54) is 0 Å². The molecule has 212 valence electrons. The van der Waals surface area contributed by atoms with Crippen molar-refractivity contribution in [1.29, 1.82) is 0 Å². The van der Waals surface area contributed by atoms with E-state index in [-0.39, 0.29) is 35.9 Å². The Morgan fingerprint density at radius 2 is 2.00 bits per heavy atom. The number of aliphatic hydroxyl groups is 2. The fraction of sp³-hybridized carbons (Fsp3) is 0.650. The minimum absolute atomic E-state index is 0.0245. The van der Waals surface area contributed by atoms with Gasteiger partial charge in [-0.25, -0.2) is 19.4 Å². The zero-order valence-electron chi connectivity index (χ0n) is 20.8. The number of fused-ring (bicyclic) bond motifs is 1. The number of hydrogen-bond donors (Lipinski definition) is 5. The van der Waals surface area contributed by atoms with Crippen molar-refractivity contribution < 1.29 is 52.4 Å². The number of esters is 1. The van der Waals surface area contributed by atoms with Crippen LogP contribution in [0.25, 0.3) is 11.2 Å². The number of nitrogens with one attached hydrogen (secondary N) is 1. The zero-order chi connectivity index (χ0) is 28.2. The molecule has 0 aromatic carbocycles. The molecule has 6 atom stereocenters. The average Bonchev–Trinajstić information content (AvgIpc) is 3.37. The summed E-state index contributed by atoms with van der Waals surface area (Å²) < 4.78 is 49.1. The predicted octanol–water partition coefficient (Wildman–Crippen LogP) is -0.0399. The summed E-state index contributed by atoms with van der Waals surface area (Å²) in [6, 6.07) is -1.37. The summed E-state index contributed by atoms with van der Waals surface area (Å²) in [4.78, 5) is 34.4. The van der Waals surface area contributed by atoms with Gasteiger partial charge in [0.1, 0.15) is 24.4 Å². The van der Waals surface area contributed by atoms with E-state index < -0.39 is 69.6 Å². The quantitative estimate of drug-likeness (QED) is 0.122. The molecule has 0 bridgehead atoms. The van der Waals surface area contributed by atoms with Gasteiger partial charge < -0.3 is 30.5 Å². The molecule has 6 N–H and O–H groups in total. The third-order valence-corrected chi connectivity index (χ3v) is 7.00. The van der Waals surface area contributed by atoms with E-state index in [9.17, 15) is 33.9 Å². The van der Waals surface area contributed by atoms with Crippen molar-refractivity contribution in [2.75, 3.05) is 25.6 Å². The van der Waals surface area contributed by atoms with Gasteiger partial charge in [0.05, 0.1) is 19.5 Å². The van der Waals surface area contributed by atoms with Gasteiger partial charge >= 0.3 is 25.8 Å². The highest BCUT2D eigenvalue weighted by Gasteiger charge is 2.46. The standard InChI is InChI=1S/C20H30FN6O10P/c1-4-34-12(28)7-36-38(33,26-10(19(31)32)5-9(2)3)35-6-11-14(29)15(30)18(37-11)27-8-23-13-16(22)24-20(21)25-17(13)27/h8-11,14-15,18,29-30H,4-7H2,1-3H3,(H,26,33)(H,31,32)(H2,22,24,25)/t10-,11+,14+,15-,18+,38?/m0/s1. The number of imidazole rings is 1. The molecule has 1 fully saturated rings. The van der Waals surface area contributed by atoms with Crippen LogP contribution in [0.15, 0.2) is 6.33 Å². The van der Waals surface area contributed by atoms with Crippen LogP contribution < -0.4 is 10.8 Å². The normalized spacial score (nSPS) is 24.0. The molecule has 0 spiro atoms. The number of aliphatic carboxylic acids is 1. The molecule has 0 radical (unpaired) electrons. The van der Waals surface area contributed by atoms with Gasteiger partial charge in [0.2, 0.25) is 0 Å². The highest BCUT2D eigenvalue weighted by atomic mass is 31.2. The minimum atomic E-state index is -4.50. The minimum Gasteiger partial charge on any atom is -0.480 e. The largest absolute Gasteiger partial charge is 0.480 e. The van der Waals surface area contributed by atoms with Crippen molar-refractivity contribution in [3.8, 4) is 0 Å². The fourth-order valence-electron chi connectivity index (χ4n) is 3.69. The maximum atomic E-state index is 13.7. The third kappa shape index (κ3) is 6.99. The Labute approximate surface area is 215 Å². The van der Waals surface area contributed by atoms with E-state index in [1.54, 1.807) is 20.8 Å². The maximum absolute atomic E-state index is 13.7. The molecular weight excluding hydrogens is 534 g/mol. The molecule has 2 aromatic rings. The Bertz CT molecular complexity index is 1200. The summed E-state index contributed by atoms with van der Waals surface area (Å²) in [6.45, 7) is 3.58. The Morgan fingerprint density at radius 3 is 2.63 bits per heavy atom. The van der Waals surface area contributed by atoms with Crippen LogP contribution in [0.3, 0.4) is 0 Å². The molecule has 0 amide bonds. The van der Waals surface area contributed by atoms with Crippen molar-refractivity contribution in [2.24, 2.45) is 5.92 Å². The molecule has 1 unspecified atom stereocenters. The number of carboxylic acid groups (broad SMARTS) is 1. The van der Waals surface area contributed by atoms with Crippen LogP contribution in [0.5, 0.6) is 0 Å². The van der Waals surface area contributed by atoms with E-state index in [4.69, 9.17) is 24.3 Å². The summed E-state index contributed by atoms with van der Waals surface area (Å²) in [6.07, 6.45) is -5.82. The number of halogens is 1. The number of hydrogen-bond acceptors (Lipinski definition) is 13. The highest BCUT2D eigenvalue weighted by molar-refractivity contribution is 7.51. The van der Waals surface area contributed by atoms with Gasteiger partial charge in [0.25, 0.3) is 0 Å². The SMILES string of the molecule is CCOC(=O)COP(=O)(N[C@@H](CC(C)C)C(=O)O)OC[C@H]1O[C@@H](n2cnc3c(N)nc(F)nc32)[C@@H](O)[C@@H]1O. The first-order valence-electron chi connectivity index (χ1n) is 11.6. The Kier molecular flexibility index (Phi) is 9.69. The summed E-state index contributed by atoms with van der Waals surface area (Å²) >= 11 is 0. The average molecular weight is 564 g/mol. The molecule has 3 heterocycles. The van der Waals surface area contributed by atoms with Gasteiger partial charge in [0, 0.05) is 0 Å². The molecule has 1 aliphatic rings. The highest BCUT2D eigenvalue weighted by Crippen LogP contribution is 2.46. The first-order chi connectivity index (χ1) is 17.8. The molecule has 0 saturated carbocycles. The van der Waals surface area contributed by atoms with E-state index >= 15 is 0 Å². The Balaban J connectivity index is 1.78. The van der Waals surface area contributed by atoms with E-state index in [0.717, 1.165) is 10.9 Å². The van der Waals surface area contributed by atoms with Crippen LogP contribution in [-0.2, 0) is 32.7 Å². The molecule has 3 rings (SSSR count). The van der Waals surface area contributed by atoms with Crippen LogP contribution in [-0.4, -0.2) is 91.0 Å². The number of anilines is 1. The number of aliphatic hydroxyl groups excluding tert-OH is 2. The summed E-state index contributed by atoms with van der Waals surface area (Å²) in [5, 5.41) is 33.0. The van der Waals surface area contributed by atoms with E-state index in [0.29, 0.717) is 0 Å². The van der Waals surface area contributed by atoms with Crippen molar-refractivity contribution >= 4 is 36.7 Å². The number of ether oxygens (including phenoxy) is 2. The lowest BCUT2D eigenvalue weighted by molar-refractivity contribution is -0.145. The van der Waals surface area contributed by atoms with Gasteiger partial charge in [-0.1, -0.05) is 13.8 Å². The lowest BCUT2D eigenvalue weighted by Gasteiger charge is -2.25. The number of nitrogen functional groups attached to an aromatic ring is 1. The summed E-state index contributed by atoms with van der Waals surface area (Å²) in [5.41, 5.74) is 5.56. The molecule has 38 heavy (non-hydrogen) atoms. The van der Waals surface area contributed by atoms with Crippen molar-refractivity contribution in [1.82, 2.24) is 24.6 Å². The third-order valence-electron chi connectivity index (χ3n) is 5.42. The Hall–Kier alpha value is -2.79. The topological polar surface area (TPSA) is 230 Å². The zero-order valence-corrected chi connectivity index (χ0v) is 21.7. The van der Waals surface area contributed by atoms with Gasteiger partial charge in [-0.05, 0) is 19.3 Å². The number of carbonyl (C=O) groups is 2. The fourth-order valence-corrected chi connectivity index (χ4v) is 5.13. The lowest BCUT2D eigenvalue weighted by atomic mass is 10.1. The number of carboxylic acids is 1. The smallest absolute Gasteiger partial charge is 0.406 e. The molecule has 16 nitrogen and oxygen atoms in total. The molecule has 1 aliphatic heterocycles. The lowest BCUT2D eigenvalue weighted by Crippen LogP contribution is -2.38. The number of rotatable bonds is 13. The first kappa shape index (κ1) is 29.8. The Morgan fingerprint density at radius 1 is 1.29 bits per heavy atom. The molecule has 18 heteroatoms. The van der Waals surface area contributed by atoms with Crippen LogP contribution >= 0.6 is 7.75 Å². The second-order valence-electron chi connectivity index (χ2n) is 8.77.